The van der Waals surface area contributed by atoms with E-state index in [2.05, 4.69) is 12.2 Å². The maximum atomic E-state index is 13.0. The number of sulfonamides is 1. The number of Topliss-reactive ketones (excluding diaryl/α,β-unsaturated/α-hetero) is 1. The summed E-state index contributed by atoms with van der Waals surface area (Å²) in [6.07, 6.45) is -2.77. The minimum Gasteiger partial charge on any atom is -0.308 e. The quantitative estimate of drug-likeness (QED) is 0.511. The fraction of sp³-hybridized carbons (Fsp3) is 0.480. The van der Waals surface area contributed by atoms with Crippen LogP contribution in [0.3, 0.4) is 0 Å². The van der Waals surface area contributed by atoms with E-state index in [1.54, 1.807) is 12.1 Å². The summed E-state index contributed by atoms with van der Waals surface area (Å²) in [5.41, 5.74) is 0.266. The van der Waals surface area contributed by atoms with Crippen LogP contribution in [0.2, 0.25) is 0 Å². The number of piperidine rings is 1. The summed E-state index contributed by atoms with van der Waals surface area (Å²) < 4.78 is 66.1. The Morgan fingerprint density at radius 2 is 1.74 bits per heavy atom. The number of rotatable bonds is 9. The van der Waals surface area contributed by atoms with Crippen LogP contribution in [0, 0.1) is 5.92 Å². The second-order valence-electron chi connectivity index (χ2n) is 9.27. The lowest BCUT2D eigenvalue weighted by Crippen LogP contribution is -2.38. The molecule has 1 heterocycles. The number of benzene rings is 2. The first-order chi connectivity index (χ1) is 16.4. The zero-order valence-electron chi connectivity index (χ0n) is 20.2. The highest BCUT2D eigenvalue weighted by Crippen LogP contribution is 2.30. The predicted molar refractivity (Wildman–Crippen MR) is 129 cm³/mol. The highest BCUT2D eigenvalue weighted by atomic mass is 32.2. The molecule has 0 aliphatic carbocycles. The first-order valence-electron chi connectivity index (χ1n) is 11.6. The van der Waals surface area contributed by atoms with Crippen molar-refractivity contribution in [1.29, 1.82) is 0 Å². The maximum absolute atomic E-state index is 13.0. The molecule has 10 heteroatoms. The Morgan fingerprint density at radius 1 is 1.11 bits per heavy atom. The standard InChI is InChI=1S/C25H32F3N3O3S/c1-18-11-13-31(14-12-18)35(33,34)22-6-4-5-20(15-22)24(32)17-29-16-23(30(2)3)19-7-9-21(10-8-19)25(26,27)28/h4-10,15,18,23,29H,11-14,16-17H2,1-3H3. The van der Waals surface area contributed by atoms with Crippen molar-refractivity contribution in [1.82, 2.24) is 14.5 Å². The predicted octanol–water partition coefficient (Wildman–Crippen LogP) is 4.20. The van der Waals surface area contributed by atoms with E-state index in [1.165, 1.54) is 28.6 Å². The molecule has 1 saturated heterocycles. The number of nitrogens with zero attached hydrogens (tertiary/aromatic N) is 2. The van der Waals surface area contributed by atoms with Gasteiger partial charge in [-0.1, -0.05) is 31.2 Å². The molecule has 192 valence electrons. The van der Waals surface area contributed by atoms with E-state index in [0.29, 0.717) is 36.7 Å². The second-order valence-corrected chi connectivity index (χ2v) is 11.2. The number of halogens is 3. The van der Waals surface area contributed by atoms with Gasteiger partial charge in [0.05, 0.1) is 17.0 Å². The Balaban J connectivity index is 1.63. The molecule has 1 aliphatic rings. The molecule has 6 nitrogen and oxygen atoms in total. The van der Waals surface area contributed by atoms with Crippen molar-refractivity contribution in [3.8, 4) is 0 Å². The van der Waals surface area contributed by atoms with E-state index in [0.717, 1.165) is 25.0 Å². The van der Waals surface area contributed by atoms with Crippen LogP contribution in [-0.2, 0) is 16.2 Å². The molecule has 1 aliphatic heterocycles. The molecule has 2 aromatic carbocycles. The Hall–Kier alpha value is -2.27. The molecular formula is C25H32F3N3O3S. The molecule has 2 aromatic rings. The summed E-state index contributed by atoms with van der Waals surface area (Å²) in [4.78, 5) is 14.7. The maximum Gasteiger partial charge on any atom is 0.416 e. The van der Waals surface area contributed by atoms with E-state index in [9.17, 15) is 26.4 Å². The van der Waals surface area contributed by atoms with E-state index < -0.39 is 21.8 Å². The normalized spacial score (nSPS) is 17.0. The van der Waals surface area contributed by atoms with Gasteiger partial charge in [0.15, 0.2) is 5.78 Å². The van der Waals surface area contributed by atoms with E-state index in [-0.39, 0.29) is 23.3 Å². The van der Waals surface area contributed by atoms with Crippen molar-refractivity contribution in [3.05, 3.63) is 65.2 Å². The van der Waals surface area contributed by atoms with Gasteiger partial charge in [-0.05, 0) is 62.7 Å². The van der Waals surface area contributed by atoms with Crippen LogP contribution in [0.4, 0.5) is 13.2 Å². The molecule has 3 rings (SSSR count). The largest absolute Gasteiger partial charge is 0.416 e. The Labute approximate surface area is 205 Å². The number of carbonyl (C=O) groups excluding carboxylic acids is 1. The number of nitrogens with one attached hydrogen (secondary N) is 1. The smallest absolute Gasteiger partial charge is 0.308 e. The zero-order valence-corrected chi connectivity index (χ0v) is 21.0. The summed E-state index contributed by atoms with van der Waals surface area (Å²) in [7, 11) is -0.0487. The van der Waals surface area contributed by atoms with Gasteiger partial charge in [-0.2, -0.15) is 17.5 Å². The van der Waals surface area contributed by atoms with Gasteiger partial charge < -0.3 is 10.2 Å². The lowest BCUT2D eigenvalue weighted by Gasteiger charge is -2.29. The van der Waals surface area contributed by atoms with Crippen molar-refractivity contribution < 1.29 is 26.4 Å². The van der Waals surface area contributed by atoms with Crippen molar-refractivity contribution in [3.63, 3.8) is 0 Å². The van der Waals surface area contributed by atoms with Gasteiger partial charge >= 0.3 is 6.18 Å². The highest BCUT2D eigenvalue weighted by Gasteiger charge is 2.31. The first kappa shape index (κ1) is 27.3. The molecule has 1 fully saturated rings. The number of hydrogen-bond acceptors (Lipinski definition) is 5. The third-order valence-electron chi connectivity index (χ3n) is 6.41. The van der Waals surface area contributed by atoms with Crippen LogP contribution < -0.4 is 5.32 Å². The van der Waals surface area contributed by atoms with Gasteiger partial charge in [0, 0.05) is 31.2 Å². The van der Waals surface area contributed by atoms with Crippen LogP contribution in [-0.4, -0.2) is 63.7 Å². The Kier molecular flexibility index (Phi) is 8.74. The van der Waals surface area contributed by atoms with Gasteiger partial charge in [-0.25, -0.2) is 8.42 Å². The number of likely N-dealkylation sites (N-methyl/N-ethyl adjacent to an activating group) is 1. The van der Waals surface area contributed by atoms with Gasteiger partial charge in [0.2, 0.25) is 10.0 Å². The average Bonchev–Trinajstić information content (AvgIpc) is 2.81. The molecular weight excluding hydrogens is 479 g/mol. The molecule has 1 atom stereocenters. The van der Waals surface area contributed by atoms with Gasteiger partial charge in [0.1, 0.15) is 0 Å². The average molecular weight is 512 g/mol. The highest BCUT2D eigenvalue weighted by molar-refractivity contribution is 7.89. The van der Waals surface area contributed by atoms with Crippen molar-refractivity contribution in [2.75, 3.05) is 40.3 Å². The summed E-state index contributed by atoms with van der Waals surface area (Å²) in [6.45, 7) is 3.34. The molecule has 0 radical (unpaired) electrons. The van der Waals surface area contributed by atoms with Crippen molar-refractivity contribution in [2.45, 2.75) is 36.9 Å². The molecule has 0 amide bonds. The third-order valence-corrected chi connectivity index (χ3v) is 8.30. The molecule has 35 heavy (non-hydrogen) atoms. The van der Waals surface area contributed by atoms with Crippen molar-refractivity contribution in [2.24, 2.45) is 5.92 Å². The molecule has 0 aromatic heterocycles. The van der Waals surface area contributed by atoms with Crippen LogP contribution >= 0.6 is 0 Å². The SMILES string of the molecule is CC1CCN(S(=O)(=O)c2cccc(C(=O)CNCC(c3ccc(C(F)(F)F)cc3)N(C)C)c2)CC1. The topological polar surface area (TPSA) is 69.7 Å². The lowest BCUT2D eigenvalue weighted by molar-refractivity contribution is -0.137. The fourth-order valence-corrected chi connectivity index (χ4v) is 5.64. The van der Waals surface area contributed by atoms with Gasteiger partial charge in [-0.3, -0.25) is 4.79 Å². The minimum atomic E-state index is -4.40. The fourth-order valence-electron chi connectivity index (χ4n) is 4.12. The van der Waals surface area contributed by atoms with E-state index in [4.69, 9.17) is 0 Å². The second kappa shape index (κ2) is 11.2. The third kappa shape index (κ3) is 6.91. The summed E-state index contributed by atoms with van der Waals surface area (Å²) >= 11 is 0. The summed E-state index contributed by atoms with van der Waals surface area (Å²) in [6, 6.07) is 10.8. The van der Waals surface area contributed by atoms with Crippen LogP contribution in [0.15, 0.2) is 53.4 Å². The van der Waals surface area contributed by atoms with Crippen LogP contribution in [0.1, 0.15) is 47.3 Å². The van der Waals surface area contributed by atoms with E-state index >= 15 is 0 Å². The summed E-state index contributed by atoms with van der Waals surface area (Å²) in [5.74, 6) is 0.230. The number of ketones is 1. The Bertz CT molecular complexity index is 1110. The monoisotopic (exact) mass is 511 g/mol. The molecule has 0 spiro atoms. The van der Waals surface area contributed by atoms with Crippen molar-refractivity contribution >= 4 is 15.8 Å². The molecule has 0 bridgehead atoms. The first-order valence-corrected chi connectivity index (χ1v) is 13.0. The van der Waals surface area contributed by atoms with Gasteiger partial charge in [-0.15, -0.1) is 0 Å². The number of alkyl halides is 3. The lowest BCUT2D eigenvalue weighted by atomic mass is 10.0. The molecule has 0 saturated carbocycles. The van der Waals surface area contributed by atoms with Crippen LogP contribution in [0.25, 0.3) is 0 Å². The van der Waals surface area contributed by atoms with E-state index in [1.807, 2.05) is 19.0 Å². The zero-order chi connectivity index (χ0) is 25.8. The minimum absolute atomic E-state index is 0.0320. The van der Waals surface area contributed by atoms with Crippen LogP contribution in [0.5, 0.6) is 0 Å². The number of carbonyl (C=O) groups is 1. The molecule has 1 unspecified atom stereocenters. The Morgan fingerprint density at radius 3 is 2.31 bits per heavy atom. The molecule has 1 N–H and O–H groups in total. The summed E-state index contributed by atoms with van der Waals surface area (Å²) in [5, 5.41) is 3.06. The van der Waals surface area contributed by atoms with Gasteiger partial charge in [0.25, 0.3) is 0 Å². The number of hydrogen-bond donors (Lipinski definition) is 1.